The Labute approximate surface area is 463 Å². The summed E-state index contributed by atoms with van der Waals surface area (Å²) >= 11 is 0. The largest absolute Gasteiger partial charge is 0.481 e. The predicted molar refractivity (Wildman–Crippen MR) is 293 cm³/mol. The van der Waals surface area contributed by atoms with E-state index in [1.807, 2.05) is 32.9 Å². The maximum atomic E-state index is 13.4. The summed E-state index contributed by atoms with van der Waals surface area (Å²) in [6.45, 7) is 7.13. The number of fused-ring (bicyclic) bond motifs is 2. The van der Waals surface area contributed by atoms with Crippen LogP contribution in [0.2, 0.25) is 0 Å². The van der Waals surface area contributed by atoms with Crippen molar-refractivity contribution in [3.63, 3.8) is 0 Å². The van der Waals surface area contributed by atoms with Gasteiger partial charge in [-0.2, -0.15) is 0 Å². The number of hydrogen-bond acceptors (Lipinski definition) is 19. The van der Waals surface area contributed by atoms with Gasteiger partial charge in [0.15, 0.2) is 17.9 Å². The molecular formula is C59H86N2O18. The summed E-state index contributed by atoms with van der Waals surface area (Å²) in [6, 6.07) is 5.30. The van der Waals surface area contributed by atoms with Crippen LogP contribution in [0.3, 0.4) is 0 Å². The Kier molecular flexibility index (Phi) is 27.8. The highest BCUT2D eigenvalue weighted by molar-refractivity contribution is 5.96. The molecule has 3 aliphatic rings. The van der Waals surface area contributed by atoms with E-state index in [1.54, 1.807) is 91.1 Å². The van der Waals surface area contributed by atoms with E-state index in [1.165, 1.54) is 13.0 Å². The first-order chi connectivity index (χ1) is 37.4. The molecule has 1 aromatic carbocycles. The molecule has 0 aromatic heterocycles. The third-order valence-electron chi connectivity index (χ3n) is 14.5. The summed E-state index contributed by atoms with van der Waals surface area (Å²) in [4.78, 5) is 51.7. The van der Waals surface area contributed by atoms with E-state index in [2.05, 4.69) is 0 Å². The van der Waals surface area contributed by atoms with Crippen LogP contribution in [-0.4, -0.2) is 166 Å². The number of benzene rings is 1. The van der Waals surface area contributed by atoms with E-state index in [0.717, 1.165) is 0 Å². The third-order valence-corrected chi connectivity index (χ3v) is 14.5. The highest BCUT2D eigenvalue weighted by Gasteiger charge is 2.51. The van der Waals surface area contributed by atoms with Gasteiger partial charge in [-0.05, 0) is 75.1 Å². The fourth-order valence-corrected chi connectivity index (χ4v) is 10.1. The molecule has 3 heterocycles. The molecule has 0 spiro atoms. The Morgan fingerprint density at radius 2 is 1.34 bits per heavy atom. The second-order valence-electron chi connectivity index (χ2n) is 21.6. The van der Waals surface area contributed by atoms with E-state index in [0.29, 0.717) is 17.7 Å². The van der Waals surface area contributed by atoms with Gasteiger partial charge in [0.05, 0.1) is 73.5 Å². The maximum absolute atomic E-state index is 13.4. The first-order valence-electron chi connectivity index (χ1n) is 27.3. The van der Waals surface area contributed by atoms with Crippen LogP contribution >= 0.6 is 0 Å². The molecule has 0 radical (unpaired) electrons. The van der Waals surface area contributed by atoms with Crippen LogP contribution in [-0.2, 0) is 33.3 Å². The van der Waals surface area contributed by atoms with Crippen LogP contribution in [0.5, 0.6) is 0 Å². The van der Waals surface area contributed by atoms with Gasteiger partial charge >= 0.3 is 11.9 Å². The van der Waals surface area contributed by atoms with Gasteiger partial charge in [0.1, 0.15) is 23.9 Å². The van der Waals surface area contributed by atoms with Gasteiger partial charge in [0.25, 0.3) is 0 Å². The van der Waals surface area contributed by atoms with Crippen LogP contribution in [0.15, 0.2) is 109 Å². The lowest BCUT2D eigenvalue weighted by molar-refractivity contribution is -0.308. The number of esters is 1. The second-order valence-corrected chi connectivity index (χ2v) is 21.6. The van der Waals surface area contributed by atoms with Crippen molar-refractivity contribution >= 4 is 29.2 Å². The van der Waals surface area contributed by atoms with Crippen LogP contribution in [0.1, 0.15) is 115 Å². The van der Waals surface area contributed by atoms with Crippen molar-refractivity contribution in [1.82, 2.24) is 0 Å². The minimum Gasteiger partial charge on any atom is -0.481 e. The van der Waals surface area contributed by atoms with Crippen LogP contribution in [0, 0.1) is 23.7 Å². The van der Waals surface area contributed by atoms with Crippen molar-refractivity contribution in [2.75, 3.05) is 5.73 Å². The fourth-order valence-electron chi connectivity index (χ4n) is 10.1. The number of carboxylic acid groups (broad SMARTS) is 1. The number of Topliss-reactive ketones (excluding diaryl/α,β-unsaturated/α-hetero) is 2. The zero-order valence-corrected chi connectivity index (χ0v) is 45.7. The normalized spacial score (nSPS) is 35.0. The molecule has 79 heavy (non-hydrogen) atoms. The number of carbonyl (C=O) groups excluding carboxylic acids is 3. The van der Waals surface area contributed by atoms with E-state index in [4.69, 9.17) is 30.4 Å². The minimum absolute atomic E-state index is 0.0582. The molecule has 0 aliphatic carbocycles. The van der Waals surface area contributed by atoms with Gasteiger partial charge < -0.3 is 81.5 Å². The summed E-state index contributed by atoms with van der Waals surface area (Å²) in [5.74, 6) is -7.63. The Balaban J connectivity index is 1.53. The number of allylic oxidation sites excluding steroid dienone is 12. The monoisotopic (exact) mass is 1110 g/mol. The number of aliphatic carboxylic acids is 1. The summed E-state index contributed by atoms with van der Waals surface area (Å²) in [6.07, 6.45) is 5.48. The van der Waals surface area contributed by atoms with Gasteiger partial charge in [-0.3, -0.25) is 19.2 Å². The molecule has 14 N–H and O–H groups in total. The van der Waals surface area contributed by atoms with Gasteiger partial charge in [-0.15, -0.1) is 0 Å². The number of aliphatic hydroxyl groups excluding tert-OH is 8. The molecule has 19 unspecified atom stereocenters. The van der Waals surface area contributed by atoms with Crippen molar-refractivity contribution < 1.29 is 89.2 Å². The fraction of sp³-hybridized carbons (Fsp3) is 0.593. The average molecular weight is 1110 g/mol. The molecule has 1 aromatic rings. The van der Waals surface area contributed by atoms with Gasteiger partial charge in [0.2, 0.25) is 0 Å². The molecule has 4 rings (SSSR count). The zero-order chi connectivity index (χ0) is 58.4. The summed E-state index contributed by atoms with van der Waals surface area (Å²) in [5.41, 5.74) is 12.8. The molecule has 2 fully saturated rings. The Morgan fingerprint density at radius 1 is 0.759 bits per heavy atom. The molecular weight excluding hydrogens is 1020 g/mol. The molecule has 19 atom stereocenters. The Hall–Kier alpha value is -5.04. The van der Waals surface area contributed by atoms with Gasteiger partial charge in [-0.1, -0.05) is 106 Å². The number of rotatable bonds is 10. The predicted octanol–water partition coefficient (Wildman–Crippen LogP) is 3.56. The summed E-state index contributed by atoms with van der Waals surface area (Å²) in [7, 11) is 0. The van der Waals surface area contributed by atoms with Gasteiger partial charge in [-0.25, -0.2) is 0 Å². The smallest absolute Gasteiger partial charge is 0.311 e. The number of hydrogen-bond donors (Lipinski definition) is 12. The van der Waals surface area contributed by atoms with Crippen molar-refractivity contribution in [2.24, 2.45) is 29.4 Å². The standard InChI is InChI=1S/C59H86N2O18/c1-35-18-15-13-11-9-7-5-6-8-10-12-14-16-21-46(77-58-55(72)53(61)54(71)38(4)76-58)31-50-52(57(73)74)49(69)34-59(75,79-50)33-45(66)29-44(65)28-43(64)27-41(62)19-17-20-42(63)30-51(70)78-56(35)37(3)26-36(2)47(67)32-48(68)39-22-24-40(60)25-23-39/h5-16,18,21-25,35-38,42-47,49-50,52-56,58,63-67,69,71-72,75H,17,19-20,26-34,60-61H2,1-4H3,(H,73,74). The van der Waals surface area contributed by atoms with Gasteiger partial charge in [0, 0.05) is 55.7 Å². The topological polar surface area (TPSA) is 360 Å². The van der Waals surface area contributed by atoms with E-state index in [9.17, 15) is 70.2 Å². The minimum atomic E-state index is -2.32. The maximum Gasteiger partial charge on any atom is 0.311 e. The highest BCUT2D eigenvalue weighted by Crippen LogP contribution is 2.38. The SMILES string of the molecule is CC1C=CC=CC=CC=CC=CC=CC=CC(OC2OC(C)C(O)C(N)C2O)CC2OC(O)(CC(O)CC(O)CC(O)CC(=O)CCCC(O)CC(=O)OC1C(C)CC(C)C(O)CC(=O)c1ccc(N)cc1)CC(O)C2C(=O)O. The molecule has 20 heteroatoms. The Bertz CT molecular complexity index is 2280. The molecule has 440 valence electrons. The molecule has 0 amide bonds. The van der Waals surface area contributed by atoms with Crippen molar-refractivity contribution in [3.8, 4) is 0 Å². The number of anilines is 1. The van der Waals surface area contributed by atoms with Crippen molar-refractivity contribution in [1.29, 1.82) is 0 Å². The third kappa shape index (κ3) is 22.8. The van der Waals surface area contributed by atoms with E-state index < -0.39 is 128 Å². The quantitative estimate of drug-likeness (QED) is 0.0905. The highest BCUT2D eigenvalue weighted by atomic mass is 16.7. The number of nitrogen functional groups attached to an aromatic ring is 1. The van der Waals surface area contributed by atoms with E-state index in [-0.39, 0.29) is 80.7 Å². The number of aliphatic hydroxyl groups is 9. The second kappa shape index (κ2) is 33.0. The average Bonchev–Trinajstić information content (AvgIpc) is 3.40. The summed E-state index contributed by atoms with van der Waals surface area (Å²) in [5, 5.41) is 109. The molecule has 2 saturated heterocycles. The first kappa shape index (κ1) is 66.5. The lowest BCUT2D eigenvalue weighted by atomic mass is 9.82. The lowest BCUT2D eigenvalue weighted by Gasteiger charge is -2.45. The molecule has 0 saturated carbocycles. The number of carbonyl (C=O) groups is 4. The zero-order valence-electron chi connectivity index (χ0n) is 45.7. The summed E-state index contributed by atoms with van der Waals surface area (Å²) < 4.78 is 23.8. The van der Waals surface area contributed by atoms with E-state index >= 15 is 0 Å². The first-order valence-corrected chi connectivity index (χ1v) is 27.3. The Morgan fingerprint density at radius 3 is 1.95 bits per heavy atom. The molecule has 3 aliphatic heterocycles. The van der Waals surface area contributed by atoms with Crippen LogP contribution < -0.4 is 11.5 Å². The number of cyclic esters (lactones) is 1. The number of nitrogens with two attached hydrogens (primary N) is 2. The number of ketones is 2. The van der Waals surface area contributed by atoms with Crippen LogP contribution in [0.25, 0.3) is 0 Å². The lowest BCUT2D eigenvalue weighted by Crippen LogP contribution is -2.61. The van der Waals surface area contributed by atoms with Crippen molar-refractivity contribution in [3.05, 3.63) is 115 Å². The number of carboxylic acids is 1. The number of ether oxygens (including phenoxy) is 4. The van der Waals surface area contributed by atoms with Crippen LogP contribution in [0.4, 0.5) is 5.69 Å². The molecule has 2 bridgehead atoms. The van der Waals surface area contributed by atoms with Crippen molar-refractivity contribution in [2.45, 2.75) is 196 Å². The molecule has 20 nitrogen and oxygen atoms in total.